The minimum atomic E-state index is -0.490. The Morgan fingerprint density at radius 1 is 0.677 bits per heavy atom. The predicted molar refractivity (Wildman–Crippen MR) is 137 cm³/mol. The van der Waals surface area contributed by atoms with E-state index in [-0.39, 0.29) is 17.1 Å². The van der Waals surface area contributed by atoms with Gasteiger partial charge in [-0.25, -0.2) is 0 Å². The summed E-state index contributed by atoms with van der Waals surface area (Å²) < 4.78 is 0. The van der Waals surface area contributed by atoms with Gasteiger partial charge in [-0.05, 0) is 87.5 Å². The van der Waals surface area contributed by atoms with E-state index in [0.29, 0.717) is 10.5 Å². The summed E-state index contributed by atoms with van der Waals surface area (Å²) in [6, 6.07) is 22.0. The molecule has 0 unspecified atom stereocenters. The minimum Gasteiger partial charge on any atom is -0.156 e. The van der Waals surface area contributed by atoms with E-state index in [4.69, 9.17) is 0 Å². The van der Waals surface area contributed by atoms with Gasteiger partial charge < -0.3 is 0 Å². The Balaban J connectivity index is 0.000000501. The molecule has 1 atom stereocenters. The summed E-state index contributed by atoms with van der Waals surface area (Å²) in [4.78, 5) is 0. The van der Waals surface area contributed by atoms with Crippen LogP contribution in [0.4, 0.5) is 0 Å². The van der Waals surface area contributed by atoms with Crippen LogP contribution in [0.1, 0.15) is 27.2 Å². The summed E-state index contributed by atoms with van der Waals surface area (Å²) >= 11 is 2.07. The van der Waals surface area contributed by atoms with Crippen molar-refractivity contribution in [2.45, 2.75) is 37.7 Å². The molecule has 0 heterocycles. The van der Waals surface area contributed by atoms with Gasteiger partial charge >= 0.3 is 17.1 Å². The smallest absolute Gasteiger partial charge is 0.156 e. The molecule has 0 amide bonds. The van der Waals surface area contributed by atoms with Crippen LogP contribution < -0.4 is 10.6 Å². The first kappa shape index (κ1) is 27.0. The molecule has 160 valence electrons. The van der Waals surface area contributed by atoms with Crippen molar-refractivity contribution >= 4 is 30.3 Å². The molecule has 2 aliphatic carbocycles. The van der Waals surface area contributed by atoms with E-state index in [2.05, 4.69) is 112 Å². The van der Waals surface area contributed by atoms with Gasteiger partial charge in [0, 0.05) is 10.9 Å². The maximum atomic E-state index is 2.36. The fraction of sp³-hybridized carbons (Fsp3) is 0.214. The van der Waals surface area contributed by atoms with Crippen LogP contribution >= 0.6 is 19.7 Å². The molecule has 0 N–H and O–H groups in total. The van der Waals surface area contributed by atoms with Gasteiger partial charge in [0.05, 0.1) is 0 Å². The summed E-state index contributed by atoms with van der Waals surface area (Å²) in [5, 5.41) is 4.18. The molecular formula is C28H31FePS+2. The Kier molecular flexibility index (Phi) is 12.9. The van der Waals surface area contributed by atoms with E-state index >= 15 is 0 Å². The molecule has 0 nitrogen and oxygen atoms in total. The largest absolute Gasteiger partial charge is 2.00 e. The van der Waals surface area contributed by atoms with E-state index < -0.39 is 7.92 Å². The molecule has 2 aromatic rings. The Morgan fingerprint density at radius 3 is 1.61 bits per heavy atom. The number of benzene rings is 2. The summed E-state index contributed by atoms with van der Waals surface area (Å²) in [7, 11) is -0.490. The average molecular weight is 486 g/mol. The van der Waals surface area contributed by atoms with E-state index in [1.807, 2.05) is 32.1 Å². The molecule has 0 saturated heterocycles. The van der Waals surface area contributed by atoms with Gasteiger partial charge in [-0.3, -0.25) is 0 Å². The van der Waals surface area contributed by atoms with Crippen LogP contribution in [-0.4, -0.2) is 10.5 Å². The Hall–Kier alpha value is -0.261. The van der Waals surface area contributed by atoms with Crippen LogP contribution in [0.5, 0.6) is 0 Å². The van der Waals surface area contributed by atoms with Crippen LogP contribution in [0.2, 0.25) is 0 Å². The summed E-state index contributed by atoms with van der Waals surface area (Å²) in [6.45, 7) is 6.93. The van der Waals surface area contributed by atoms with Gasteiger partial charge in [-0.1, -0.05) is 81.4 Å². The molecule has 31 heavy (non-hydrogen) atoms. The second-order valence-electron chi connectivity index (χ2n) is 7.60. The second kappa shape index (κ2) is 14.8. The third-order valence-electron chi connectivity index (χ3n) is 4.72. The first-order valence-corrected chi connectivity index (χ1v) is 12.9. The van der Waals surface area contributed by atoms with E-state index in [1.165, 1.54) is 22.2 Å². The molecule has 0 aromatic heterocycles. The molecule has 0 spiro atoms. The molecule has 3 heteroatoms. The standard InChI is InChI=1S/C23H26PS.C5H5.Fe/c1-18(2)25-19(3)17-20-11-10-16-23(20)24(21-12-6-4-7-13-21)22-14-8-5-9-15-22;1-2-4-5-3-1;/h4-16,18-19H,17H2,1-3H3;1-5H;/q;;+2/t19-;;/m1../s1. The molecule has 0 aliphatic heterocycles. The Labute approximate surface area is 208 Å². The van der Waals surface area contributed by atoms with Crippen molar-refractivity contribution in [1.29, 1.82) is 0 Å². The number of rotatable bonds is 7. The summed E-state index contributed by atoms with van der Waals surface area (Å²) in [6.07, 6.45) is 18.0. The van der Waals surface area contributed by atoms with Gasteiger partial charge in [0.2, 0.25) is 0 Å². The maximum absolute atomic E-state index is 2.36. The molecule has 4 rings (SSSR count). The van der Waals surface area contributed by atoms with Crippen molar-refractivity contribution in [3.8, 4) is 0 Å². The molecule has 2 aromatic carbocycles. The first-order chi connectivity index (χ1) is 14.6. The fourth-order valence-electron chi connectivity index (χ4n) is 3.56. The van der Waals surface area contributed by atoms with Crippen molar-refractivity contribution in [2.24, 2.45) is 0 Å². The topological polar surface area (TPSA) is 0 Å². The summed E-state index contributed by atoms with van der Waals surface area (Å²) in [5.41, 5.74) is 1.52. The van der Waals surface area contributed by atoms with Crippen molar-refractivity contribution in [1.82, 2.24) is 0 Å². The normalized spacial score (nSPS) is 18.0. The molecular weight excluding hydrogens is 455 g/mol. The molecule has 0 bridgehead atoms. The Morgan fingerprint density at radius 2 is 1.16 bits per heavy atom. The molecule has 2 aliphatic rings. The first-order valence-electron chi connectivity index (χ1n) is 10.6. The molecule has 2 fully saturated rings. The van der Waals surface area contributed by atoms with Gasteiger partial charge in [-0.2, -0.15) is 11.8 Å². The van der Waals surface area contributed by atoms with Crippen molar-refractivity contribution < 1.29 is 17.1 Å². The number of hydrogen-bond donors (Lipinski definition) is 0. The molecule has 2 saturated carbocycles. The monoisotopic (exact) mass is 486 g/mol. The Bertz CT molecular complexity index is 654. The average Bonchev–Trinajstić information content (AvgIpc) is 3.45. The second-order valence-corrected chi connectivity index (χ2v) is 11.8. The maximum Gasteiger partial charge on any atom is 2.00 e. The van der Waals surface area contributed by atoms with Gasteiger partial charge in [-0.15, -0.1) is 0 Å². The van der Waals surface area contributed by atoms with Crippen molar-refractivity contribution in [3.05, 3.63) is 124 Å². The predicted octanol–water partition coefficient (Wildman–Crippen LogP) is 6.79. The van der Waals surface area contributed by atoms with Crippen LogP contribution in [0, 0.1) is 62.9 Å². The minimum absolute atomic E-state index is 0. The zero-order chi connectivity index (χ0) is 21.2. The van der Waals surface area contributed by atoms with Gasteiger partial charge in [0.25, 0.3) is 0 Å². The van der Waals surface area contributed by atoms with E-state index in [0.717, 1.165) is 6.42 Å². The van der Waals surface area contributed by atoms with E-state index in [9.17, 15) is 0 Å². The van der Waals surface area contributed by atoms with Crippen LogP contribution in [0.3, 0.4) is 0 Å². The van der Waals surface area contributed by atoms with Crippen LogP contribution in [0.15, 0.2) is 60.7 Å². The zero-order valence-electron chi connectivity index (χ0n) is 18.5. The van der Waals surface area contributed by atoms with Crippen LogP contribution in [-0.2, 0) is 17.1 Å². The number of hydrogen-bond acceptors (Lipinski definition) is 1. The van der Waals surface area contributed by atoms with Gasteiger partial charge in [0.15, 0.2) is 0 Å². The molecule has 10 radical (unpaired) electrons. The fourth-order valence-corrected chi connectivity index (χ4v) is 7.25. The summed E-state index contributed by atoms with van der Waals surface area (Å²) in [5.74, 6) is 1.51. The third-order valence-corrected chi connectivity index (χ3v) is 8.44. The van der Waals surface area contributed by atoms with Crippen molar-refractivity contribution in [2.75, 3.05) is 0 Å². The number of thioether (sulfide) groups is 1. The van der Waals surface area contributed by atoms with Crippen LogP contribution in [0.25, 0.3) is 0 Å². The zero-order valence-corrected chi connectivity index (χ0v) is 21.3. The van der Waals surface area contributed by atoms with E-state index in [1.54, 1.807) is 0 Å². The van der Waals surface area contributed by atoms with Gasteiger partial charge in [0.1, 0.15) is 0 Å². The van der Waals surface area contributed by atoms with Crippen molar-refractivity contribution in [3.63, 3.8) is 0 Å². The third kappa shape index (κ3) is 8.89. The quantitative estimate of drug-likeness (QED) is 0.307. The SMILES string of the molecule is CC(C)S[C@H](C)C[C]1[CH][CH][CH][C]1P(c1ccccc1)c1ccccc1.[CH]1[CH][CH][CH][CH]1.[Fe+2].